The summed E-state index contributed by atoms with van der Waals surface area (Å²) in [6.07, 6.45) is 7.89. The molecule has 2 aliphatic heterocycles. The van der Waals surface area contributed by atoms with Gasteiger partial charge in [0.1, 0.15) is 10.4 Å². The van der Waals surface area contributed by atoms with Crippen molar-refractivity contribution in [2.45, 2.75) is 32.1 Å². The number of ether oxygens (including phenoxy) is 1. The van der Waals surface area contributed by atoms with E-state index in [2.05, 4.69) is 56.3 Å². The van der Waals surface area contributed by atoms with Crippen LogP contribution in [0.5, 0.6) is 11.6 Å². The summed E-state index contributed by atoms with van der Waals surface area (Å²) in [4.78, 5) is 26.3. The lowest BCUT2D eigenvalue weighted by molar-refractivity contribution is -0.111. The highest BCUT2D eigenvalue weighted by Gasteiger charge is 2.22. The summed E-state index contributed by atoms with van der Waals surface area (Å²) in [5.41, 5.74) is 3.60. The van der Waals surface area contributed by atoms with Gasteiger partial charge in [0.2, 0.25) is 17.7 Å². The first-order chi connectivity index (χ1) is 20.1. The highest BCUT2D eigenvalue weighted by Crippen LogP contribution is 2.34. The number of carbonyl (C=O) groups is 1. The molecule has 4 aromatic rings. The summed E-state index contributed by atoms with van der Waals surface area (Å²) >= 11 is 1.53. The molecule has 4 heterocycles. The minimum atomic E-state index is -0.278. The monoisotopic (exact) mass is 568 g/mol. The number of hydrogen-bond donors (Lipinski definition) is 2. The molecule has 0 spiro atoms. The smallest absolute Gasteiger partial charge is 0.247 e. The van der Waals surface area contributed by atoms with Gasteiger partial charge in [0.05, 0.1) is 5.52 Å². The number of thiophene rings is 1. The summed E-state index contributed by atoms with van der Waals surface area (Å²) in [5.74, 6) is 2.03. The third kappa shape index (κ3) is 6.86. The maximum Gasteiger partial charge on any atom is 0.247 e. The summed E-state index contributed by atoms with van der Waals surface area (Å²) in [6.45, 7) is 9.57. The Morgan fingerprint density at radius 3 is 2.59 bits per heavy atom. The number of piperidine rings is 2. The fourth-order valence-corrected chi connectivity index (χ4v) is 6.43. The van der Waals surface area contributed by atoms with Crippen molar-refractivity contribution in [3.63, 3.8) is 0 Å². The highest BCUT2D eigenvalue weighted by molar-refractivity contribution is 7.17. The molecule has 0 radical (unpaired) electrons. The van der Waals surface area contributed by atoms with Gasteiger partial charge in [0, 0.05) is 42.8 Å². The van der Waals surface area contributed by atoms with Crippen LogP contribution in [0.2, 0.25) is 0 Å². The molecule has 0 saturated carbocycles. The Balaban J connectivity index is 1.10. The van der Waals surface area contributed by atoms with Crippen LogP contribution in [0.15, 0.2) is 72.6 Å². The van der Waals surface area contributed by atoms with Gasteiger partial charge in [0.25, 0.3) is 0 Å². The fraction of sp³-hybridized carbons (Fsp3) is 0.344. The van der Waals surface area contributed by atoms with Gasteiger partial charge in [-0.1, -0.05) is 19.1 Å². The molecule has 0 bridgehead atoms. The molecule has 2 saturated heterocycles. The van der Waals surface area contributed by atoms with E-state index >= 15 is 0 Å². The Bertz CT molecular complexity index is 1490. The first-order valence-corrected chi connectivity index (χ1v) is 15.3. The number of aromatic nitrogens is 2. The molecular weight excluding hydrogens is 532 g/mol. The number of anilines is 4. The van der Waals surface area contributed by atoms with Gasteiger partial charge in [-0.15, -0.1) is 11.3 Å². The number of amides is 1. The molecule has 8 nitrogen and oxygen atoms in total. The zero-order valence-corrected chi connectivity index (χ0v) is 24.0. The number of benzene rings is 2. The van der Waals surface area contributed by atoms with Crippen LogP contribution in [0.1, 0.15) is 32.1 Å². The van der Waals surface area contributed by atoms with Gasteiger partial charge in [0.15, 0.2) is 0 Å². The van der Waals surface area contributed by atoms with Crippen LogP contribution in [0.3, 0.4) is 0 Å². The molecule has 2 N–H and O–H groups in total. The maximum atomic E-state index is 11.7. The average molecular weight is 569 g/mol. The van der Waals surface area contributed by atoms with Gasteiger partial charge in [-0.2, -0.15) is 4.98 Å². The lowest BCUT2D eigenvalue weighted by Gasteiger charge is -2.37. The van der Waals surface area contributed by atoms with Crippen LogP contribution < -0.4 is 20.3 Å². The molecule has 0 atom stereocenters. The second-order valence-electron chi connectivity index (χ2n) is 10.8. The van der Waals surface area contributed by atoms with Crippen molar-refractivity contribution in [2.75, 3.05) is 48.3 Å². The zero-order valence-electron chi connectivity index (χ0n) is 23.2. The van der Waals surface area contributed by atoms with Crippen molar-refractivity contribution >= 4 is 50.5 Å². The number of nitrogens with zero attached hydrogens (tertiary/aromatic N) is 4. The molecule has 2 aromatic heterocycles. The zero-order chi connectivity index (χ0) is 28.0. The van der Waals surface area contributed by atoms with Gasteiger partial charge < -0.3 is 25.2 Å². The van der Waals surface area contributed by atoms with E-state index in [1.54, 1.807) is 12.1 Å². The second kappa shape index (κ2) is 12.7. The van der Waals surface area contributed by atoms with E-state index in [9.17, 15) is 4.79 Å². The number of fused-ring (bicyclic) bond motifs is 1. The Morgan fingerprint density at radius 1 is 1.00 bits per heavy atom. The fourth-order valence-electron chi connectivity index (χ4n) is 5.67. The first-order valence-electron chi connectivity index (χ1n) is 14.4. The number of nitrogens with one attached hydrogen (secondary N) is 2. The lowest BCUT2D eigenvalue weighted by Crippen LogP contribution is -2.40. The molecule has 2 aromatic carbocycles. The summed E-state index contributed by atoms with van der Waals surface area (Å²) < 4.78 is 7.03. The molecular formula is C32H36N6O2S. The first kappa shape index (κ1) is 27.2. The van der Waals surface area contributed by atoms with Crippen molar-refractivity contribution in [1.29, 1.82) is 0 Å². The van der Waals surface area contributed by atoms with Crippen LogP contribution in [0, 0.1) is 5.92 Å². The molecule has 2 aliphatic rings. The van der Waals surface area contributed by atoms with Crippen LogP contribution in [0.4, 0.5) is 23.0 Å². The number of rotatable bonds is 9. The van der Waals surface area contributed by atoms with E-state index in [0.717, 1.165) is 34.9 Å². The van der Waals surface area contributed by atoms with Crippen LogP contribution in [-0.2, 0) is 4.79 Å². The van der Waals surface area contributed by atoms with Crippen molar-refractivity contribution in [3.8, 4) is 11.6 Å². The molecule has 9 heteroatoms. The second-order valence-corrected chi connectivity index (χ2v) is 11.7. The van der Waals surface area contributed by atoms with Gasteiger partial charge >= 0.3 is 0 Å². The standard InChI is InChI=1S/C32H36N6O2S/c1-2-29(39)33-25-7-6-8-27(21-25)40-31-30-28(15-20-41-30)35-32(36-31)34-24-9-11-26(12-10-24)38-18-13-23(14-19-38)22-37-16-4-3-5-17-37/h2,6-12,15,20-21,23H,1,3-5,13-14,16-19,22H2,(H,33,39)(H,34,35,36). The Hall–Kier alpha value is -3.95. The van der Waals surface area contributed by atoms with Gasteiger partial charge in [-0.05, 0) is 98.6 Å². The normalized spacial score (nSPS) is 16.4. The molecule has 6 rings (SSSR count). The Kier molecular flexibility index (Phi) is 8.44. The van der Waals surface area contributed by atoms with Gasteiger partial charge in [-0.3, -0.25) is 4.79 Å². The number of carbonyl (C=O) groups excluding carboxylic acids is 1. The van der Waals surface area contributed by atoms with Crippen LogP contribution >= 0.6 is 11.3 Å². The number of hydrogen-bond acceptors (Lipinski definition) is 8. The van der Waals surface area contributed by atoms with E-state index in [1.165, 1.54) is 74.8 Å². The highest BCUT2D eigenvalue weighted by atomic mass is 32.1. The predicted octanol–water partition coefficient (Wildman–Crippen LogP) is 7.05. The minimum Gasteiger partial charge on any atom is -0.437 e. The third-order valence-corrected chi connectivity index (χ3v) is 8.73. The molecule has 0 unspecified atom stereocenters. The van der Waals surface area contributed by atoms with Crippen LogP contribution in [0.25, 0.3) is 10.2 Å². The molecule has 41 heavy (non-hydrogen) atoms. The van der Waals surface area contributed by atoms with E-state index in [-0.39, 0.29) is 5.91 Å². The number of likely N-dealkylation sites (tertiary alicyclic amines) is 1. The summed E-state index contributed by atoms with van der Waals surface area (Å²) in [5, 5.41) is 8.08. The molecule has 0 aliphatic carbocycles. The summed E-state index contributed by atoms with van der Waals surface area (Å²) in [7, 11) is 0. The molecule has 2 fully saturated rings. The van der Waals surface area contributed by atoms with Crippen molar-refractivity contribution in [1.82, 2.24) is 14.9 Å². The van der Waals surface area contributed by atoms with E-state index in [1.807, 2.05) is 23.6 Å². The third-order valence-electron chi connectivity index (χ3n) is 7.84. The minimum absolute atomic E-state index is 0.278. The van der Waals surface area contributed by atoms with E-state index < -0.39 is 0 Å². The predicted molar refractivity (Wildman–Crippen MR) is 168 cm³/mol. The van der Waals surface area contributed by atoms with E-state index in [0.29, 0.717) is 23.3 Å². The van der Waals surface area contributed by atoms with Gasteiger partial charge in [-0.25, -0.2) is 4.98 Å². The SMILES string of the molecule is C=CC(=O)Nc1cccc(Oc2nc(Nc3ccc(N4CCC(CN5CCCCC5)CC4)cc3)nc3ccsc23)c1. The quantitative estimate of drug-likeness (QED) is 0.209. The van der Waals surface area contributed by atoms with Crippen LogP contribution in [-0.4, -0.2) is 53.5 Å². The topological polar surface area (TPSA) is 82.6 Å². The largest absolute Gasteiger partial charge is 0.437 e. The van der Waals surface area contributed by atoms with Crippen molar-refractivity contribution < 1.29 is 9.53 Å². The van der Waals surface area contributed by atoms with E-state index in [4.69, 9.17) is 9.72 Å². The molecule has 212 valence electrons. The van der Waals surface area contributed by atoms with Crippen molar-refractivity contribution in [3.05, 3.63) is 72.6 Å². The average Bonchev–Trinajstić information content (AvgIpc) is 3.48. The van der Waals surface area contributed by atoms with Crippen molar-refractivity contribution in [2.24, 2.45) is 5.92 Å². The molecule has 1 amide bonds. The summed E-state index contributed by atoms with van der Waals surface area (Å²) in [6, 6.07) is 17.7. The lowest BCUT2D eigenvalue weighted by atomic mass is 9.95. The Morgan fingerprint density at radius 2 is 1.80 bits per heavy atom. The Labute approximate surface area is 245 Å². The maximum absolute atomic E-state index is 11.7.